The zero-order chi connectivity index (χ0) is 13.7. The fourth-order valence-corrected chi connectivity index (χ4v) is 1.59. The van der Waals surface area contributed by atoms with Gasteiger partial charge in [-0.2, -0.15) is 0 Å². The molecule has 0 saturated heterocycles. The van der Waals surface area contributed by atoms with E-state index in [1.54, 1.807) is 24.3 Å². The van der Waals surface area contributed by atoms with E-state index in [0.717, 1.165) is 0 Å². The van der Waals surface area contributed by atoms with Crippen molar-refractivity contribution in [3.05, 3.63) is 59.7 Å². The molecule has 2 rings (SSSR count). The van der Waals surface area contributed by atoms with Crippen molar-refractivity contribution in [2.75, 3.05) is 7.11 Å². The summed E-state index contributed by atoms with van der Waals surface area (Å²) in [6.07, 6.45) is 0.644. The summed E-state index contributed by atoms with van der Waals surface area (Å²) in [5.41, 5.74) is 0.608. The van der Waals surface area contributed by atoms with Crippen LogP contribution < -0.4 is 4.74 Å². The molecule has 0 amide bonds. The fourth-order valence-electron chi connectivity index (χ4n) is 1.59. The summed E-state index contributed by atoms with van der Waals surface area (Å²) < 4.78 is 10.2. The molecule has 2 aromatic carbocycles. The van der Waals surface area contributed by atoms with Crippen LogP contribution in [-0.2, 0) is 4.74 Å². The van der Waals surface area contributed by atoms with Crippen LogP contribution in [0.1, 0.15) is 20.7 Å². The lowest BCUT2D eigenvalue weighted by Crippen LogP contribution is -2.02. The van der Waals surface area contributed by atoms with Gasteiger partial charge in [0.25, 0.3) is 0 Å². The first-order valence-electron chi connectivity index (χ1n) is 5.65. The summed E-state index contributed by atoms with van der Waals surface area (Å²) in [5.74, 6) is 0.527. The van der Waals surface area contributed by atoms with Gasteiger partial charge in [0, 0.05) is 0 Å². The standard InChI is InChI=1S/C15H12O4/c1-18-15(17)11-7-8-14(12(9-11)10-16)19-13-5-3-2-4-6-13/h2-10H,1H3. The number of carbonyl (C=O) groups excluding carboxylic acids is 2. The molecule has 4 heteroatoms. The predicted octanol–water partition coefficient (Wildman–Crippen LogP) is 3.08. The predicted molar refractivity (Wildman–Crippen MR) is 69.7 cm³/mol. The molecule has 0 unspecified atom stereocenters. The quantitative estimate of drug-likeness (QED) is 0.623. The van der Waals surface area contributed by atoms with Crippen LogP contribution in [0, 0.1) is 0 Å². The van der Waals surface area contributed by atoms with Gasteiger partial charge in [-0.25, -0.2) is 4.79 Å². The van der Waals surface area contributed by atoms with Crippen molar-refractivity contribution in [3.8, 4) is 11.5 Å². The van der Waals surface area contributed by atoms with Gasteiger partial charge in [0.1, 0.15) is 11.5 Å². The molecule has 0 radical (unpaired) electrons. The maximum atomic E-state index is 11.4. The van der Waals surface area contributed by atoms with E-state index >= 15 is 0 Å². The number of esters is 1. The fraction of sp³-hybridized carbons (Fsp3) is 0.0667. The lowest BCUT2D eigenvalue weighted by Gasteiger charge is -2.08. The summed E-state index contributed by atoms with van der Waals surface area (Å²) in [4.78, 5) is 22.4. The minimum absolute atomic E-state index is 0.298. The van der Waals surface area contributed by atoms with Gasteiger partial charge in [-0.3, -0.25) is 4.79 Å². The van der Waals surface area contributed by atoms with Gasteiger partial charge < -0.3 is 9.47 Å². The largest absolute Gasteiger partial charge is 0.465 e. The molecule has 2 aromatic rings. The van der Waals surface area contributed by atoms with Crippen molar-refractivity contribution >= 4 is 12.3 Å². The molecule has 19 heavy (non-hydrogen) atoms. The van der Waals surface area contributed by atoms with Gasteiger partial charge in [-0.15, -0.1) is 0 Å². The average Bonchev–Trinajstić information content (AvgIpc) is 2.48. The Hall–Kier alpha value is -2.62. The Labute approximate surface area is 110 Å². The van der Waals surface area contributed by atoms with E-state index in [2.05, 4.69) is 4.74 Å². The Morgan fingerprint density at radius 1 is 1.11 bits per heavy atom. The van der Waals surface area contributed by atoms with Crippen LogP contribution in [0.25, 0.3) is 0 Å². The monoisotopic (exact) mass is 256 g/mol. The van der Waals surface area contributed by atoms with Crippen LogP contribution in [0.15, 0.2) is 48.5 Å². The summed E-state index contributed by atoms with van der Waals surface area (Å²) in [6, 6.07) is 13.7. The number of ether oxygens (including phenoxy) is 2. The Bertz CT molecular complexity index is 590. The Morgan fingerprint density at radius 3 is 2.47 bits per heavy atom. The Kier molecular flexibility index (Phi) is 3.93. The molecule has 0 aliphatic carbocycles. The van der Waals surface area contributed by atoms with Crippen LogP contribution >= 0.6 is 0 Å². The molecular formula is C15H12O4. The van der Waals surface area contributed by atoms with E-state index in [0.29, 0.717) is 28.9 Å². The lowest BCUT2D eigenvalue weighted by molar-refractivity contribution is 0.0600. The van der Waals surface area contributed by atoms with Crippen molar-refractivity contribution < 1.29 is 19.1 Å². The van der Waals surface area contributed by atoms with E-state index in [-0.39, 0.29) is 0 Å². The van der Waals surface area contributed by atoms with Crippen LogP contribution in [0.4, 0.5) is 0 Å². The first kappa shape index (κ1) is 12.8. The highest BCUT2D eigenvalue weighted by atomic mass is 16.5. The number of hydrogen-bond donors (Lipinski definition) is 0. The zero-order valence-corrected chi connectivity index (χ0v) is 10.3. The van der Waals surface area contributed by atoms with Gasteiger partial charge in [0.15, 0.2) is 6.29 Å². The van der Waals surface area contributed by atoms with E-state index in [1.165, 1.54) is 13.2 Å². The second-order valence-corrected chi connectivity index (χ2v) is 3.78. The van der Waals surface area contributed by atoms with Crippen molar-refractivity contribution in [1.82, 2.24) is 0 Å². The van der Waals surface area contributed by atoms with Gasteiger partial charge in [-0.1, -0.05) is 18.2 Å². The number of benzene rings is 2. The minimum atomic E-state index is -0.491. The van der Waals surface area contributed by atoms with E-state index in [9.17, 15) is 9.59 Å². The third-order valence-electron chi connectivity index (χ3n) is 2.53. The van der Waals surface area contributed by atoms with Crippen molar-refractivity contribution in [2.45, 2.75) is 0 Å². The molecule has 0 aliphatic rings. The number of para-hydroxylation sites is 1. The maximum absolute atomic E-state index is 11.4. The number of hydrogen-bond acceptors (Lipinski definition) is 4. The van der Waals surface area contributed by atoms with E-state index < -0.39 is 5.97 Å². The maximum Gasteiger partial charge on any atom is 0.337 e. The Morgan fingerprint density at radius 2 is 1.84 bits per heavy atom. The second-order valence-electron chi connectivity index (χ2n) is 3.78. The molecule has 0 heterocycles. The van der Waals surface area contributed by atoms with E-state index in [1.807, 2.05) is 18.2 Å². The average molecular weight is 256 g/mol. The highest BCUT2D eigenvalue weighted by molar-refractivity contribution is 5.92. The minimum Gasteiger partial charge on any atom is -0.465 e. The van der Waals surface area contributed by atoms with Crippen LogP contribution in [0.2, 0.25) is 0 Å². The van der Waals surface area contributed by atoms with Gasteiger partial charge in [0.2, 0.25) is 0 Å². The molecule has 0 aromatic heterocycles. The van der Waals surface area contributed by atoms with Crippen molar-refractivity contribution in [1.29, 1.82) is 0 Å². The smallest absolute Gasteiger partial charge is 0.337 e. The van der Waals surface area contributed by atoms with Crippen LogP contribution in [-0.4, -0.2) is 19.4 Å². The summed E-state index contributed by atoms with van der Waals surface area (Å²) in [6.45, 7) is 0. The molecule has 0 fully saturated rings. The third-order valence-corrected chi connectivity index (χ3v) is 2.53. The van der Waals surface area contributed by atoms with Gasteiger partial charge >= 0.3 is 5.97 Å². The van der Waals surface area contributed by atoms with Crippen molar-refractivity contribution in [3.63, 3.8) is 0 Å². The molecule has 0 atom stereocenters. The molecular weight excluding hydrogens is 244 g/mol. The molecule has 96 valence electrons. The van der Waals surface area contributed by atoms with Crippen LogP contribution in [0.5, 0.6) is 11.5 Å². The normalized spacial score (nSPS) is 9.74. The molecule has 0 bridgehead atoms. The second kappa shape index (κ2) is 5.82. The Balaban J connectivity index is 2.31. The highest BCUT2D eigenvalue weighted by Gasteiger charge is 2.10. The molecule has 0 spiro atoms. The number of carbonyl (C=O) groups is 2. The number of rotatable bonds is 4. The highest BCUT2D eigenvalue weighted by Crippen LogP contribution is 2.25. The molecule has 4 nitrogen and oxygen atoms in total. The lowest BCUT2D eigenvalue weighted by atomic mass is 10.1. The molecule has 0 aliphatic heterocycles. The van der Waals surface area contributed by atoms with Gasteiger partial charge in [-0.05, 0) is 30.3 Å². The third kappa shape index (κ3) is 2.98. The summed E-state index contributed by atoms with van der Waals surface area (Å²) in [5, 5.41) is 0. The van der Waals surface area contributed by atoms with Crippen molar-refractivity contribution in [2.24, 2.45) is 0 Å². The summed E-state index contributed by atoms with van der Waals surface area (Å²) >= 11 is 0. The molecule has 0 N–H and O–H groups in total. The number of methoxy groups -OCH3 is 1. The first-order chi connectivity index (χ1) is 9.24. The summed E-state index contributed by atoms with van der Waals surface area (Å²) in [7, 11) is 1.29. The van der Waals surface area contributed by atoms with Crippen LogP contribution in [0.3, 0.4) is 0 Å². The SMILES string of the molecule is COC(=O)c1ccc(Oc2ccccc2)c(C=O)c1. The zero-order valence-electron chi connectivity index (χ0n) is 10.3. The van der Waals surface area contributed by atoms with E-state index in [4.69, 9.17) is 4.74 Å². The number of aldehydes is 1. The van der Waals surface area contributed by atoms with Gasteiger partial charge in [0.05, 0.1) is 18.2 Å². The molecule has 0 saturated carbocycles. The first-order valence-corrected chi connectivity index (χ1v) is 5.65. The topological polar surface area (TPSA) is 52.6 Å².